The minimum atomic E-state index is -0.191. The van der Waals surface area contributed by atoms with Gasteiger partial charge in [0.15, 0.2) is 0 Å². The van der Waals surface area contributed by atoms with E-state index in [2.05, 4.69) is 24.3 Å². The van der Waals surface area contributed by atoms with Gasteiger partial charge in [-0.05, 0) is 23.8 Å². The van der Waals surface area contributed by atoms with E-state index in [9.17, 15) is 4.39 Å². The van der Waals surface area contributed by atoms with Gasteiger partial charge in [0.2, 0.25) is 0 Å². The van der Waals surface area contributed by atoms with Crippen molar-refractivity contribution in [3.63, 3.8) is 0 Å². The highest BCUT2D eigenvalue weighted by Gasteiger charge is 2.19. The molecule has 4 rings (SSSR count). The standard InChI is InChI=1S/C19H22FN5/c1-23-6-5-21-18(23)14-25-9-7-24(8-10-25)13-16-12-17(20)11-15-3-2-4-22-19(15)16/h2-6,11-12H,7-10,13-14H2,1H3. The van der Waals surface area contributed by atoms with Gasteiger partial charge in [-0.25, -0.2) is 9.37 Å². The van der Waals surface area contributed by atoms with Crippen molar-refractivity contribution >= 4 is 10.9 Å². The summed E-state index contributed by atoms with van der Waals surface area (Å²) in [6.45, 7) is 5.54. The molecular weight excluding hydrogens is 317 g/mol. The molecule has 1 fully saturated rings. The van der Waals surface area contributed by atoms with Gasteiger partial charge in [0, 0.05) is 63.7 Å². The number of hydrogen-bond acceptors (Lipinski definition) is 4. The Hall–Kier alpha value is -2.31. The molecule has 1 aliphatic rings. The highest BCUT2D eigenvalue weighted by Crippen LogP contribution is 2.20. The Labute approximate surface area is 146 Å². The Morgan fingerprint density at radius 2 is 1.76 bits per heavy atom. The molecule has 0 spiro atoms. The second-order valence-electron chi connectivity index (χ2n) is 6.65. The van der Waals surface area contributed by atoms with Gasteiger partial charge in [0.1, 0.15) is 11.6 Å². The summed E-state index contributed by atoms with van der Waals surface area (Å²) in [6.07, 6.45) is 5.59. The number of aromatic nitrogens is 3. The number of fused-ring (bicyclic) bond motifs is 1. The molecule has 5 nitrogen and oxygen atoms in total. The Kier molecular flexibility index (Phi) is 4.46. The third-order valence-corrected chi connectivity index (χ3v) is 4.89. The largest absolute Gasteiger partial charge is 0.337 e. The Morgan fingerprint density at radius 1 is 1.00 bits per heavy atom. The molecule has 0 bridgehead atoms. The average Bonchev–Trinajstić information content (AvgIpc) is 3.01. The fourth-order valence-corrected chi connectivity index (χ4v) is 3.44. The van der Waals surface area contributed by atoms with Gasteiger partial charge >= 0.3 is 0 Å². The summed E-state index contributed by atoms with van der Waals surface area (Å²) in [5.41, 5.74) is 1.87. The normalized spacial score (nSPS) is 16.6. The van der Waals surface area contributed by atoms with Crippen LogP contribution >= 0.6 is 0 Å². The van der Waals surface area contributed by atoms with E-state index in [1.165, 1.54) is 0 Å². The highest BCUT2D eigenvalue weighted by molar-refractivity contribution is 5.81. The minimum absolute atomic E-state index is 0.191. The van der Waals surface area contributed by atoms with Crippen LogP contribution in [0, 0.1) is 5.82 Å². The smallest absolute Gasteiger partial charge is 0.124 e. The van der Waals surface area contributed by atoms with Crippen molar-refractivity contribution in [3.05, 3.63) is 60.1 Å². The van der Waals surface area contributed by atoms with Crippen LogP contribution in [0.25, 0.3) is 10.9 Å². The third kappa shape index (κ3) is 3.55. The number of aryl methyl sites for hydroxylation is 1. The van der Waals surface area contributed by atoms with Crippen LogP contribution in [-0.4, -0.2) is 50.5 Å². The molecule has 0 radical (unpaired) electrons. The number of pyridine rings is 1. The van der Waals surface area contributed by atoms with Gasteiger partial charge in [-0.3, -0.25) is 14.8 Å². The van der Waals surface area contributed by atoms with E-state index in [1.54, 1.807) is 18.3 Å². The molecule has 3 aromatic rings. The maximum Gasteiger partial charge on any atom is 0.124 e. The Balaban J connectivity index is 1.41. The molecule has 6 heteroatoms. The minimum Gasteiger partial charge on any atom is -0.337 e. The molecule has 1 saturated heterocycles. The van der Waals surface area contributed by atoms with Gasteiger partial charge < -0.3 is 4.57 Å². The van der Waals surface area contributed by atoms with Crippen molar-refractivity contribution in [1.82, 2.24) is 24.3 Å². The lowest BCUT2D eigenvalue weighted by Gasteiger charge is -2.34. The van der Waals surface area contributed by atoms with Crippen molar-refractivity contribution in [1.29, 1.82) is 0 Å². The van der Waals surface area contributed by atoms with Crippen molar-refractivity contribution in [2.75, 3.05) is 26.2 Å². The highest BCUT2D eigenvalue weighted by atomic mass is 19.1. The quantitative estimate of drug-likeness (QED) is 0.732. The molecule has 0 amide bonds. The van der Waals surface area contributed by atoms with Crippen molar-refractivity contribution in [3.8, 4) is 0 Å². The summed E-state index contributed by atoms with van der Waals surface area (Å²) in [6, 6.07) is 6.94. The van der Waals surface area contributed by atoms with Crippen LogP contribution in [0.1, 0.15) is 11.4 Å². The van der Waals surface area contributed by atoms with Crippen molar-refractivity contribution in [2.24, 2.45) is 7.05 Å². The molecule has 1 aliphatic heterocycles. The zero-order valence-electron chi connectivity index (χ0n) is 14.4. The first-order valence-electron chi connectivity index (χ1n) is 8.63. The van der Waals surface area contributed by atoms with E-state index >= 15 is 0 Å². The van der Waals surface area contributed by atoms with E-state index in [1.807, 2.05) is 31.6 Å². The number of nitrogens with zero attached hydrogens (tertiary/aromatic N) is 5. The van der Waals surface area contributed by atoms with E-state index in [4.69, 9.17) is 0 Å². The summed E-state index contributed by atoms with van der Waals surface area (Å²) in [7, 11) is 2.03. The monoisotopic (exact) mass is 339 g/mol. The van der Waals surface area contributed by atoms with Gasteiger partial charge in [0.05, 0.1) is 12.1 Å². The first kappa shape index (κ1) is 16.2. The second-order valence-corrected chi connectivity index (χ2v) is 6.65. The van der Waals surface area contributed by atoms with Gasteiger partial charge in [-0.1, -0.05) is 6.07 Å². The molecular formula is C19H22FN5. The van der Waals surface area contributed by atoms with Crippen LogP contribution in [0.5, 0.6) is 0 Å². The zero-order chi connectivity index (χ0) is 17.2. The summed E-state index contributed by atoms with van der Waals surface area (Å²) < 4.78 is 16.0. The maximum absolute atomic E-state index is 13.9. The molecule has 0 atom stereocenters. The fraction of sp³-hybridized carbons (Fsp3) is 0.368. The lowest BCUT2D eigenvalue weighted by atomic mass is 10.1. The van der Waals surface area contributed by atoms with E-state index in [0.29, 0.717) is 0 Å². The Morgan fingerprint density at radius 3 is 2.48 bits per heavy atom. The second kappa shape index (κ2) is 6.90. The number of piperazine rings is 1. The lowest BCUT2D eigenvalue weighted by molar-refractivity contribution is 0.119. The molecule has 2 aromatic heterocycles. The summed E-state index contributed by atoms with van der Waals surface area (Å²) in [5.74, 6) is 0.901. The van der Waals surface area contributed by atoms with Crippen molar-refractivity contribution < 1.29 is 4.39 Å². The molecule has 0 N–H and O–H groups in total. The first-order valence-corrected chi connectivity index (χ1v) is 8.63. The maximum atomic E-state index is 13.9. The summed E-state index contributed by atoms with van der Waals surface area (Å²) >= 11 is 0. The van der Waals surface area contributed by atoms with Crippen LogP contribution in [0.2, 0.25) is 0 Å². The summed E-state index contributed by atoms with van der Waals surface area (Å²) in [5, 5.41) is 0.867. The summed E-state index contributed by atoms with van der Waals surface area (Å²) in [4.78, 5) is 13.6. The number of benzene rings is 1. The number of halogens is 1. The molecule has 130 valence electrons. The topological polar surface area (TPSA) is 37.2 Å². The fourth-order valence-electron chi connectivity index (χ4n) is 3.44. The predicted octanol–water partition coefficient (Wildman–Crippen LogP) is 2.43. The van der Waals surface area contributed by atoms with Crippen LogP contribution in [0.3, 0.4) is 0 Å². The molecule has 1 aromatic carbocycles. The van der Waals surface area contributed by atoms with E-state index in [-0.39, 0.29) is 5.82 Å². The molecule has 25 heavy (non-hydrogen) atoms. The third-order valence-electron chi connectivity index (χ3n) is 4.89. The Bertz CT molecular complexity index is 867. The van der Waals surface area contributed by atoms with Crippen LogP contribution in [0.15, 0.2) is 42.9 Å². The number of imidazole rings is 1. The molecule has 0 aliphatic carbocycles. The van der Waals surface area contributed by atoms with Crippen LogP contribution in [-0.2, 0) is 20.1 Å². The van der Waals surface area contributed by atoms with Gasteiger partial charge in [0.25, 0.3) is 0 Å². The lowest BCUT2D eigenvalue weighted by Crippen LogP contribution is -2.45. The van der Waals surface area contributed by atoms with Gasteiger partial charge in [-0.15, -0.1) is 0 Å². The SMILES string of the molecule is Cn1ccnc1CN1CCN(Cc2cc(F)cc3cccnc23)CC1. The molecule has 0 saturated carbocycles. The number of rotatable bonds is 4. The molecule has 0 unspecified atom stereocenters. The van der Waals surface area contributed by atoms with Gasteiger partial charge in [-0.2, -0.15) is 0 Å². The van der Waals surface area contributed by atoms with E-state index < -0.39 is 0 Å². The first-order chi connectivity index (χ1) is 12.2. The zero-order valence-corrected chi connectivity index (χ0v) is 14.4. The predicted molar refractivity (Wildman–Crippen MR) is 95.5 cm³/mol. The average molecular weight is 339 g/mol. The van der Waals surface area contributed by atoms with E-state index in [0.717, 1.165) is 61.6 Å². The van der Waals surface area contributed by atoms with Crippen molar-refractivity contribution in [2.45, 2.75) is 13.1 Å². The molecule has 3 heterocycles. The number of hydrogen-bond donors (Lipinski definition) is 0. The van der Waals surface area contributed by atoms with Crippen LogP contribution < -0.4 is 0 Å². The van der Waals surface area contributed by atoms with Crippen LogP contribution in [0.4, 0.5) is 4.39 Å².